The van der Waals surface area contributed by atoms with Crippen molar-refractivity contribution in [1.29, 1.82) is 0 Å². The summed E-state index contributed by atoms with van der Waals surface area (Å²) in [7, 11) is 0. The van der Waals surface area contributed by atoms with Crippen LogP contribution in [0, 0.1) is 6.92 Å². The monoisotopic (exact) mass is 322 g/mol. The van der Waals surface area contributed by atoms with Gasteiger partial charge in [-0.15, -0.1) is 0 Å². The summed E-state index contributed by atoms with van der Waals surface area (Å²) in [6, 6.07) is 21.5. The van der Waals surface area contributed by atoms with Gasteiger partial charge in [0.1, 0.15) is 0 Å². The zero-order valence-electron chi connectivity index (χ0n) is 13.7. The molecule has 0 aliphatic heterocycles. The molecule has 118 valence electrons. The summed E-state index contributed by atoms with van der Waals surface area (Å²) in [4.78, 5) is 22.4. The normalized spacial score (nSPS) is 12.3. The van der Waals surface area contributed by atoms with Crippen molar-refractivity contribution in [3.05, 3.63) is 83.4 Å². The molecule has 1 aliphatic carbocycles. The molecule has 0 fully saturated rings. The van der Waals surface area contributed by atoms with Gasteiger partial charge in [0, 0.05) is 27.6 Å². The number of benzene rings is 3. The van der Waals surface area contributed by atoms with Gasteiger partial charge in [0.25, 0.3) is 0 Å². The molecule has 0 spiro atoms. The minimum Gasteiger partial charge on any atom is -0.289 e. The van der Waals surface area contributed by atoms with Crippen molar-refractivity contribution in [2.75, 3.05) is 0 Å². The number of nitrogens with zero attached hydrogens (tertiary/aromatic N) is 2. The van der Waals surface area contributed by atoms with Gasteiger partial charge in [-0.05, 0) is 13.0 Å². The Hall–Kier alpha value is -3.33. The first-order valence-electron chi connectivity index (χ1n) is 8.24. The van der Waals surface area contributed by atoms with E-state index in [1.54, 1.807) is 0 Å². The zero-order chi connectivity index (χ0) is 17.0. The lowest BCUT2D eigenvalue weighted by atomic mass is 9.87. The minimum atomic E-state index is 0.0420. The lowest BCUT2D eigenvalue weighted by Crippen LogP contribution is -2.11. The van der Waals surface area contributed by atoms with Gasteiger partial charge in [0.2, 0.25) is 0 Å². The maximum atomic E-state index is 12.8. The molecule has 5 rings (SSSR count). The highest BCUT2D eigenvalue weighted by Crippen LogP contribution is 2.38. The first kappa shape index (κ1) is 14.1. The molecule has 25 heavy (non-hydrogen) atoms. The van der Waals surface area contributed by atoms with Crippen LogP contribution < -0.4 is 0 Å². The van der Waals surface area contributed by atoms with E-state index in [1.165, 1.54) is 5.56 Å². The van der Waals surface area contributed by atoms with Gasteiger partial charge in [0.15, 0.2) is 11.6 Å². The van der Waals surface area contributed by atoms with Crippen molar-refractivity contribution in [2.24, 2.45) is 0 Å². The third kappa shape index (κ3) is 2.02. The number of hydrogen-bond donors (Lipinski definition) is 0. The number of fused-ring (bicyclic) bond motifs is 2. The molecule has 0 bridgehead atoms. The molecule has 4 aromatic rings. The summed E-state index contributed by atoms with van der Waals surface area (Å²) in [5.74, 6) is 0.726. The van der Waals surface area contributed by atoms with Gasteiger partial charge in [-0.3, -0.25) is 4.79 Å². The van der Waals surface area contributed by atoms with Gasteiger partial charge in [-0.2, -0.15) is 0 Å². The second-order valence-corrected chi connectivity index (χ2v) is 6.34. The molecule has 1 heterocycles. The molecule has 0 saturated heterocycles. The molecule has 0 radical (unpaired) electrons. The molecule has 0 amide bonds. The number of carbonyl (C=O) groups is 1. The Labute approximate surface area is 145 Å². The van der Waals surface area contributed by atoms with E-state index in [4.69, 9.17) is 9.97 Å². The average Bonchev–Trinajstić information content (AvgIpc) is 2.66. The first-order valence-corrected chi connectivity index (χ1v) is 8.24. The van der Waals surface area contributed by atoms with Crippen LogP contribution in [-0.4, -0.2) is 15.8 Å². The standard InChI is InChI=1S/C22H14N2O/c1-13-9-11-14(12-10-13)22-23-18-8-4-7-17-19(18)20(24-22)15-5-2-3-6-16(15)21(17)25/h2-12H,1H3. The van der Waals surface area contributed by atoms with Crippen LogP contribution >= 0.6 is 0 Å². The summed E-state index contributed by atoms with van der Waals surface area (Å²) in [6.07, 6.45) is 0. The van der Waals surface area contributed by atoms with Crippen LogP contribution in [0.5, 0.6) is 0 Å². The van der Waals surface area contributed by atoms with Gasteiger partial charge in [-0.25, -0.2) is 9.97 Å². The Bertz CT molecular complexity index is 1160. The fourth-order valence-corrected chi connectivity index (χ4v) is 3.43. The highest BCUT2D eigenvalue weighted by Gasteiger charge is 2.26. The Balaban J connectivity index is 1.88. The summed E-state index contributed by atoms with van der Waals surface area (Å²) in [6.45, 7) is 2.06. The maximum Gasteiger partial charge on any atom is 0.194 e. The van der Waals surface area contributed by atoms with Crippen molar-refractivity contribution < 1.29 is 4.79 Å². The summed E-state index contributed by atoms with van der Waals surface area (Å²) >= 11 is 0. The van der Waals surface area contributed by atoms with Crippen molar-refractivity contribution >= 4 is 16.7 Å². The Kier molecular flexibility index (Phi) is 2.86. The van der Waals surface area contributed by atoms with Crippen LogP contribution in [0.2, 0.25) is 0 Å². The number of aromatic nitrogens is 2. The molecule has 0 atom stereocenters. The maximum absolute atomic E-state index is 12.8. The molecule has 0 N–H and O–H groups in total. The third-order valence-corrected chi connectivity index (χ3v) is 4.70. The quantitative estimate of drug-likeness (QED) is 0.444. The predicted octanol–water partition coefficient (Wildman–Crippen LogP) is 4.82. The summed E-state index contributed by atoms with van der Waals surface area (Å²) in [5.41, 5.74) is 6.09. The molecule has 1 aromatic heterocycles. The average molecular weight is 322 g/mol. The number of rotatable bonds is 1. The van der Waals surface area contributed by atoms with E-state index in [1.807, 2.05) is 54.6 Å². The third-order valence-electron chi connectivity index (χ3n) is 4.70. The SMILES string of the molecule is Cc1ccc(-c2nc3c4c(cccc4n2)C(=O)c2ccccc2-3)cc1. The van der Waals surface area contributed by atoms with Crippen LogP contribution in [0.15, 0.2) is 66.7 Å². The minimum absolute atomic E-state index is 0.0420. The second-order valence-electron chi connectivity index (χ2n) is 6.34. The number of ketones is 1. The molecule has 3 heteroatoms. The summed E-state index contributed by atoms with van der Waals surface area (Å²) < 4.78 is 0. The number of carbonyl (C=O) groups excluding carboxylic acids is 1. The molecular weight excluding hydrogens is 308 g/mol. The molecule has 0 saturated carbocycles. The van der Waals surface area contributed by atoms with E-state index in [9.17, 15) is 4.79 Å². The lowest BCUT2D eigenvalue weighted by molar-refractivity contribution is 0.104. The fraction of sp³-hybridized carbons (Fsp3) is 0.0455. The van der Waals surface area contributed by atoms with Crippen molar-refractivity contribution in [2.45, 2.75) is 6.92 Å². The van der Waals surface area contributed by atoms with Crippen LogP contribution in [0.3, 0.4) is 0 Å². The fourth-order valence-electron chi connectivity index (χ4n) is 3.43. The smallest absolute Gasteiger partial charge is 0.194 e. The molecule has 3 aromatic carbocycles. The second kappa shape index (κ2) is 5.08. The molecule has 0 unspecified atom stereocenters. The van der Waals surface area contributed by atoms with Crippen molar-refractivity contribution in [1.82, 2.24) is 9.97 Å². The topological polar surface area (TPSA) is 42.9 Å². The zero-order valence-corrected chi connectivity index (χ0v) is 13.7. The van der Waals surface area contributed by atoms with Gasteiger partial charge >= 0.3 is 0 Å². The van der Waals surface area contributed by atoms with E-state index in [-0.39, 0.29) is 5.78 Å². The van der Waals surface area contributed by atoms with Crippen molar-refractivity contribution in [3.63, 3.8) is 0 Å². The first-order chi connectivity index (χ1) is 12.2. The number of aryl methyl sites for hydroxylation is 1. The molecule has 1 aliphatic rings. The Morgan fingerprint density at radius 1 is 0.720 bits per heavy atom. The van der Waals surface area contributed by atoms with E-state index in [0.29, 0.717) is 17.0 Å². The Morgan fingerprint density at radius 3 is 2.24 bits per heavy atom. The number of hydrogen-bond acceptors (Lipinski definition) is 3. The Morgan fingerprint density at radius 2 is 1.44 bits per heavy atom. The van der Waals surface area contributed by atoms with Gasteiger partial charge in [0.05, 0.1) is 11.2 Å². The van der Waals surface area contributed by atoms with E-state index < -0.39 is 0 Å². The lowest BCUT2D eigenvalue weighted by Gasteiger charge is -2.19. The molecular formula is C22H14N2O. The predicted molar refractivity (Wildman–Crippen MR) is 98.6 cm³/mol. The summed E-state index contributed by atoms with van der Waals surface area (Å²) in [5, 5.41) is 0.849. The van der Waals surface area contributed by atoms with E-state index >= 15 is 0 Å². The highest BCUT2D eigenvalue weighted by atomic mass is 16.1. The van der Waals surface area contributed by atoms with Crippen LogP contribution in [0.1, 0.15) is 21.5 Å². The van der Waals surface area contributed by atoms with Gasteiger partial charge in [-0.1, -0.05) is 66.2 Å². The highest BCUT2D eigenvalue weighted by molar-refractivity contribution is 6.24. The van der Waals surface area contributed by atoms with E-state index in [2.05, 4.69) is 19.1 Å². The van der Waals surface area contributed by atoms with Gasteiger partial charge < -0.3 is 0 Å². The largest absolute Gasteiger partial charge is 0.289 e. The van der Waals surface area contributed by atoms with Crippen molar-refractivity contribution in [3.8, 4) is 22.6 Å². The molecule has 3 nitrogen and oxygen atoms in total. The van der Waals surface area contributed by atoms with E-state index in [0.717, 1.165) is 27.7 Å². The van der Waals surface area contributed by atoms with Crippen LogP contribution in [0.4, 0.5) is 0 Å². The van der Waals surface area contributed by atoms with Crippen LogP contribution in [-0.2, 0) is 0 Å². The van der Waals surface area contributed by atoms with Crippen LogP contribution in [0.25, 0.3) is 33.5 Å².